The van der Waals surface area contributed by atoms with Crippen LogP contribution in [0.25, 0.3) is 0 Å². The summed E-state index contributed by atoms with van der Waals surface area (Å²) in [6.45, 7) is 7.33. The van der Waals surface area contributed by atoms with E-state index >= 15 is 0 Å². The summed E-state index contributed by atoms with van der Waals surface area (Å²) in [7, 11) is 0. The first-order chi connectivity index (χ1) is 4.18. The fourth-order valence-electron chi connectivity index (χ4n) is 0.308. The van der Waals surface area contributed by atoms with Crippen LogP contribution in [0.3, 0.4) is 0 Å². The van der Waals surface area contributed by atoms with Crippen molar-refractivity contribution in [3.63, 3.8) is 0 Å². The first-order valence-corrected chi connectivity index (χ1v) is 2.96. The molecule has 0 heterocycles. The maximum Gasteiger partial charge on any atom is 1.00 e. The molecule has 0 aromatic carbocycles. The van der Waals surface area contributed by atoms with Crippen molar-refractivity contribution in [3.05, 3.63) is 12.7 Å². The second-order valence-electron chi connectivity index (χ2n) is 2.07. The molecule has 10 heavy (non-hydrogen) atoms. The minimum absolute atomic E-state index is 0. The van der Waals surface area contributed by atoms with Crippen molar-refractivity contribution in [3.8, 4) is 0 Å². The SMILES string of the molecule is C=CCOC(=O)C(C)C.[H-].[Li+]. The molecular weight excluding hydrogens is 123 g/mol. The summed E-state index contributed by atoms with van der Waals surface area (Å²) in [6, 6.07) is 0. The predicted molar refractivity (Wildman–Crippen MR) is 37.1 cm³/mol. The molecule has 0 rings (SSSR count). The monoisotopic (exact) mass is 136 g/mol. The Morgan fingerprint density at radius 1 is 1.80 bits per heavy atom. The molecule has 0 saturated carbocycles. The molecule has 0 aliphatic carbocycles. The minimum Gasteiger partial charge on any atom is -1.00 e. The van der Waals surface area contributed by atoms with Gasteiger partial charge >= 0.3 is 24.8 Å². The molecular formula is C7H13LiO2. The fraction of sp³-hybridized carbons (Fsp3) is 0.571. The molecule has 0 radical (unpaired) electrons. The largest absolute Gasteiger partial charge is 1.00 e. The normalized spacial score (nSPS) is 8.30. The summed E-state index contributed by atoms with van der Waals surface area (Å²) in [5.41, 5.74) is 0. The average molecular weight is 136 g/mol. The molecule has 0 atom stereocenters. The van der Waals surface area contributed by atoms with Crippen LogP contribution in [0, 0.1) is 5.92 Å². The molecule has 54 valence electrons. The van der Waals surface area contributed by atoms with Gasteiger partial charge in [-0.2, -0.15) is 0 Å². The van der Waals surface area contributed by atoms with Gasteiger partial charge in [0.2, 0.25) is 0 Å². The smallest absolute Gasteiger partial charge is 1.00 e. The number of carbonyl (C=O) groups is 1. The van der Waals surface area contributed by atoms with Crippen LogP contribution in [-0.2, 0) is 9.53 Å². The quantitative estimate of drug-likeness (QED) is 0.268. The van der Waals surface area contributed by atoms with Crippen molar-refractivity contribution in [2.45, 2.75) is 13.8 Å². The molecule has 0 aliphatic heterocycles. The predicted octanol–water partition coefficient (Wildman–Crippen LogP) is -1.51. The average Bonchev–Trinajstić information content (AvgIpc) is 1.82. The molecule has 0 aromatic rings. The van der Waals surface area contributed by atoms with E-state index in [9.17, 15) is 4.79 Å². The first kappa shape index (κ1) is 12.5. The molecule has 0 aliphatic rings. The third-order valence-corrected chi connectivity index (χ3v) is 0.815. The number of rotatable bonds is 3. The van der Waals surface area contributed by atoms with E-state index in [-0.39, 0.29) is 32.2 Å². The molecule has 0 N–H and O–H groups in total. The van der Waals surface area contributed by atoms with Crippen LogP contribution in [0.2, 0.25) is 0 Å². The maximum absolute atomic E-state index is 10.6. The van der Waals surface area contributed by atoms with Crippen LogP contribution >= 0.6 is 0 Å². The summed E-state index contributed by atoms with van der Waals surface area (Å²) in [4.78, 5) is 10.6. The Hall–Kier alpha value is -0.193. The summed E-state index contributed by atoms with van der Waals surface area (Å²) >= 11 is 0. The van der Waals surface area contributed by atoms with E-state index in [2.05, 4.69) is 6.58 Å². The van der Waals surface area contributed by atoms with E-state index in [1.54, 1.807) is 19.9 Å². The van der Waals surface area contributed by atoms with Crippen LogP contribution in [0.5, 0.6) is 0 Å². The summed E-state index contributed by atoms with van der Waals surface area (Å²) in [6.07, 6.45) is 1.56. The zero-order chi connectivity index (χ0) is 7.28. The Labute approximate surface area is 75.3 Å². The Morgan fingerprint density at radius 2 is 2.30 bits per heavy atom. The van der Waals surface area contributed by atoms with Crippen LogP contribution in [0.15, 0.2) is 12.7 Å². The standard InChI is InChI=1S/C7H12O2.Li.H/c1-4-5-9-7(8)6(2)3;;/h4,6H,1,5H2,2-3H3;;/q;+1;-1. The molecule has 3 heteroatoms. The van der Waals surface area contributed by atoms with Crippen molar-refractivity contribution in [2.75, 3.05) is 6.61 Å². The summed E-state index contributed by atoms with van der Waals surface area (Å²) in [5, 5.41) is 0. The molecule has 0 fully saturated rings. The molecule has 0 spiro atoms. The Kier molecular flexibility index (Phi) is 8.64. The number of ether oxygens (including phenoxy) is 1. The van der Waals surface area contributed by atoms with Crippen LogP contribution in [0.1, 0.15) is 15.3 Å². The first-order valence-electron chi connectivity index (χ1n) is 2.96. The van der Waals surface area contributed by atoms with E-state index < -0.39 is 0 Å². The Morgan fingerprint density at radius 3 is 2.60 bits per heavy atom. The van der Waals surface area contributed by atoms with Gasteiger partial charge in [0.05, 0.1) is 5.92 Å². The van der Waals surface area contributed by atoms with Crippen molar-refractivity contribution in [1.29, 1.82) is 0 Å². The molecule has 0 bridgehead atoms. The number of carbonyl (C=O) groups excluding carboxylic acids is 1. The third kappa shape index (κ3) is 5.94. The maximum atomic E-state index is 10.6. The summed E-state index contributed by atoms with van der Waals surface area (Å²) < 4.78 is 4.70. The van der Waals surface area contributed by atoms with Crippen LogP contribution < -0.4 is 18.9 Å². The number of hydrogen-bond donors (Lipinski definition) is 0. The molecule has 0 saturated heterocycles. The van der Waals surface area contributed by atoms with Crippen molar-refractivity contribution in [1.82, 2.24) is 0 Å². The van der Waals surface area contributed by atoms with Gasteiger partial charge in [-0.25, -0.2) is 0 Å². The fourth-order valence-corrected chi connectivity index (χ4v) is 0.308. The van der Waals surface area contributed by atoms with Gasteiger partial charge in [-0.15, -0.1) is 0 Å². The van der Waals surface area contributed by atoms with E-state index in [0.29, 0.717) is 6.61 Å². The van der Waals surface area contributed by atoms with Crippen LogP contribution in [-0.4, -0.2) is 12.6 Å². The van der Waals surface area contributed by atoms with Crippen molar-refractivity contribution in [2.24, 2.45) is 5.92 Å². The molecule has 0 amide bonds. The zero-order valence-corrected chi connectivity index (χ0v) is 6.89. The van der Waals surface area contributed by atoms with Gasteiger partial charge in [0.15, 0.2) is 0 Å². The molecule has 0 unspecified atom stereocenters. The van der Waals surface area contributed by atoms with Crippen molar-refractivity contribution < 1.29 is 29.8 Å². The van der Waals surface area contributed by atoms with Gasteiger partial charge in [-0.1, -0.05) is 26.5 Å². The van der Waals surface area contributed by atoms with Gasteiger partial charge in [0.1, 0.15) is 6.61 Å². The van der Waals surface area contributed by atoms with E-state index in [1.807, 2.05) is 0 Å². The van der Waals surface area contributed by atoms with Gasteiger partial charge < -0.3 is 6.16 Å². The third-order valence-electron chi connectivity index (χ3n) is 0.815. The molecule has 0 aromatic heterocycles. The minimum atomic E-state index is -0.171. The van der Waals surface area contributed by atoms with Crippen LogP contribution in [0.4, 0.5) is 0 Å². The van der Waals surface area contributed by atoms with Gasteiger partial charge in [-0.3, -0.25) is 4.79 Å². The van der Waals surface area contributed by atoms with Crippen molar-refractivity contribution >= 4 is 5.97 Å². The Balaban J connectivity index is -0.000000320. The van der Waals surface area contributed by atoms with Gasteiger partial charge in [-0.05, 0) is 0 Å². The summed E-state index contributed by atoms with van der Waals surface area (Å²) in [5.74, 6) is -0.208. The van der Waals surface area contributed by atoms with E-state index in [0.717, 1.165) is 0 Å². The Bertz CT molecular complexity index is 115. The topological polar surface area (TPSA) is 26.3 Å². The van der Waals surface area contributed by atoms with E-state index in [4.69, 9.17) is 4.74 Å². The molecule has 2 nitrogen and oxygen atoms in total. The zero-order valence-electron chi connectivity index (χ0n) is 7.89. The van der Waals surface area contributed by atoms with Gasteiger partial charge in [0.25, 0.3) is 0 Å². The van der Waals surface area contributed by atoms with Gasteiger partial charge in [0, 0.05) is 0 Å². The number of hydrogen-bond acceptors (Lipinski definition) is 2. The second kappa shape index (κ2) is 6.92. The number of esters is 1. The second-order valence-corrected chi connectivity index (χ2v) is 2.07. The van der Waals surface area contributed by atoms with E-state index in [1.165, 1.54) is 0 Å².